The number of phenols is 4. The third kappa shape index (κ3) is 31.7. The van der Waals surface area contributed by atoms with Crippen molar-refractivity contribution >= 4 is 11.9 Å². The summed E-state index contributed by atoms with van der Waals surface area (Å²) in [6.45, 7) is 31.7. The number of ether oxygens (including phenoxy) is 2. The van der Waals surface area contributed by atoms with E-state index < -0.39 is 211 Å². The highest BCUT2D eigenvalue weighted by Crippen LogP contribution is 2.53. The summed E-state index contributed by atoms with van der Waals surface area (Å²) in [7, 11) is 0. The number of esters is 2. The maximum atomic E-state index is 13.3. The molecule has 14 atom stereocenters. The Morgan fingerprint density at radius 3 is 0.904 bits per heavy atom. The molecule has 0 spiro atoms. The van der Waals surface area contributed by atoms with Crippen LogP contribution in [0.1, 0.15) is 309 Å². The fraction of sp³-hybridized carbons (Fsp3) is 0.600. The van der Waals surface area contributed by atoms with Gasteiger partial charge in [-0.3, -0.25) is 9.59 Å². The van der Waals surface area contributed by atoms with Gasteiger partial charge in [0.15, 0.2) is 68.1 Å². The van der Waals surface area contributed by atoms with Crippen LogP contribution in [0.4, 0.5) is 110 Å². The van der Waals surface area contributed by atoms with E-state index in [-0.39, 0.29) is 28.5 Å². The van der Waals surface area contributed by atoms with Crippen LogP contribution in [0.2, 0.25) is 0 Å². The van der Waals surface area contributed by atoms with Crippen LogP contribution in [0.25, 0.3) is 0 Å². The number of alkyl halides is 21. The van der Waals surface area contributed by atoms with Crippen LogP contribution in [0.3, 0.4) is 0 Å². The fourth-order valence-corrected chi connectivity index (χ4v) is 12.1. The van der Waals surface area contributed by atoms with Crippen molar-refractivity contribution < 1.29 is 185 Å². The molecule has 14 unspecified atom stereocenters. The number of benzene rings is 6. The van der Waals surface area contributed by atoms with Gasteiger partial charge in [-0.05, 0) is 269 Å². The molecular weight excluding hydrogens is 1860 g/mol. The minimum atomic E-state index is -5.24. The summed E-state index contributed by atoms with van der Waals surface area (Å²) >= 11 is 0. The molecule has 1 saturated carbocycles. The first-order valence-corrected chi connectivity index (χ1v) is 42.8. The lowest BCUT2D eigenvalue weighted by Gasteiger charge is -2.46. The van der Waals surface area contributed by atoms with E-state index in [1.165, 1.54) is 44.5 Å². The molecule has 1 aliphatic carbocycles. The lowest BCUT2D eigenvalue weighted by Crippen LogP contribution is -2.57. The van der Waals surface area contributed by atoms with Gasteiger partial charge in [0, 0.05) is 17.4 Å². The van der Waals surface area contributed by atoms with Crippen LogP contribution in [-0.4, -0.2) is 129 Å². The van der Waals surface area contributed by atoms with E-state index in [0.29, 0.717) is 115 Å². The van der Waals surface area contributed by atoms with Gasteiger partial charge in [-0.2, -0.15) is 101 Å². The molecule has 15 nitrogen and oxygen atoms in total. The summed E-state index contributed by atoms with van der Waals surface area (Å²) in [4.78, 5) is 24.5. The Labute approximate surface area is 769 Å². The van der Waals surface area contributed by atoms with Gasteiger partial charge in [0.05, 0.1) is 10.8 Å². The number of rotatable bonds is 23. The van der Waals surface area contributed by atoms with Crippen LogP contribution in [0.15, 0.2) is 103 Å². The molecule has 0 radical (unpaired) electrons. The van der Waals surface area contributed by atoms with Gasteiger partial charge in [-0.1, -0.05) is 138 Å². The van der Waals surface area contributed by atoms with Crippen LogP contribution >= 0.6 is 0 Å². The molecule has 1 fully saturated rings. The summed E-state index contributed by atoms with van der Waals surface area (Å²) in [5.74, 6) is -13.2. The van der Waals surface area contributed by atoms with Gasteiger partial charge in [-0.15, -0.1) is 0 Å². The average Bonchev–Trinajstić information content (AvgIpc) is 0.761. The van der Waals surface area contributed by atoms with Crippen molar-refractivity contribution in [2.75, 3.05) is 0 Å². The van der Waals surface area contributed by atoms with Gasteiger partial charge in [0.2, 0.25) is 11.6 Å². The van der Waals surface area contributed by atoms with E-state index in [1.807, 2.05) is 32.0 Å². The molecule has 0 saturated heterocycles. The quantitative estimate of drug-likeness (QED) is 0.00936. The largest absolute Gasteiger partial charge is 0.508 e. The van der Waals surface area contributed by atoms with Crippen molar-refractivity contribution in [2.24, 2.45) is 22.7 Å². The lowest BCUT2D eigenvalue weighted by molar-refractivity contribution is -0.299. The van der Waals surface area contributed by atoms with Crippen molar-refractivity contribution in [3.63, 3.8) is 0 Å². The second-order valence-corrected chi connectivity index (χ2v) is 36.2. The fourth-order valence-electron chi connectivity index (χ4n) is 12.1. The predicted molar refractivity (Wildman–Crippen MR) is 455 cm³/mol. The molecule has 11 N–H and O–H groups in total. The molecule has 770 valence electrons. The molecular formula is C95H125F25O15. The molecule has 40 heteroatoms. The number of carbonyl (C=O) groups excluding carboxylic acids is 2. The normalized spacial score (nSPS) is 19.0. The molecule has 0 aromatic heterocycles. The highest BCUT2D eigenvalue weighted by molar-refractivity contribution is 5.78. The van der Waals surface area contributed by atoms with E-state index in [1.54, 1.807) is 78.8 Å². The van der Waals surface area contributed by atoms with E-state index in [9.17, 15) is 160 Å². The highest BCUT2D eigenvalue weighted by Gasteiger charge is 2.63. The van der Waals surface area contributed by atoms with Crippen molar-refractivity contribution in [2.45, 2.75) is 342 Å². The van der Waals surface area contributed by atoms with Crippen molar-refractivity contribution in [1.82, 2.24) is 0 Å². The Hall–Kier alpha value is -8.57. The lowest BCUT2D eigenvalue weighted by atomic mass is 9.67. The van der Waals surface area contributed by atoms with E-state index in [4.69, 9.17) is 24.8 Å². The molecule has 0 aliphatic heterocycles. The number of halogens is 25. The highest BCUT2D eigenvalue weighted by atomic mass is 19.4. The van der Waals surface area contributed by atoms with E-state index >= 15 is 0 Å². The Kier molecular flexibility index (Phi) is 43.3. The van der Waals surface area contributed by atoms with Gasteiger partial charge < -0.3 is 65.6 Å². The number of hydrogen-bond donors (Lipinski definition) is 11. The molecule has 6 aromatic carbocycles. The Morgan fingerprint density at radius 2 is 0.607 bits per heavy atom. The molecule has 135 heavy (non-hydrogen) atoms. The summed E-state index contributed by atoms with van der Waals surface area (Å²) in [6, 6.07) is 22.6. The Morgan fingerprint density at radius 1 is 0.326 bits per heavy atom. The average molecular weight is 1980 g/mol. The van der Waals surface area contributed by atoms with Crippen LogP contribution in [0, 0.1) is 45.9 Å². The zero-order valence-electron chi connectivity index (χ0n) is 79.0. The number of carbonyl (C=O) groups is 2. The Balaban J connectivity index is 0.000000807. The van der Waals surface area contributed by atoms with Crippen LogP contribution in [0.5, 0.6) is 28.7 Å². The molecule has 0 bridgehead atoms. The maximum Gasteiger partial charge on any atom is 0.421 e. The summed E-state index contributed by atoms with van der Waals surface area (Å²) in [5.41, 5.74) is -26.0. The standard InChI is InChI=1S/C18H28F6O4.C18H22F6O4.C16H20F6O2.C13H17F3O.C10H10F4O.C10H14O2.C10H14O/c2*1-6-14(2,3)13(25)28-12-8-10(15(4,26)17(19,20)21)7-11(9-12)16(5,27)18(22,23)24;1-5-9(2)10-6-11(13(3,23)15(17,18)19)8-12(7-10)14(4,24)16(20,21)22;1-4-9(2)10-5-7-11(8-6-10)12(3,17)13(14,15)16;1-3-4(2)5-6(11)8(13)10(15)9(14)7(5)12;1-3-7(2)8-4-5-9(11)10(12)6-8;1-3-8(2)9-4-6-10(11)7-5-9/h10-12,26-27H,6-9H2,1-5H3;7-9,26-27H,6H2,1-5H3;6-9,23-24H,5H2,1-4H3;5-9,17H,4H2,1-3H3;4,15H,3H2,1-2H3;4-7,11-12H,3H2,1-2H3;4-8,11H,3H2,1-2H3. The summed E-state index contributed by atoms with van der Waals surface area (Å²) < 4.78 is 337. The van der Waals surface area contributed by atoms with Gasteiger partial charge in [-0.25, -0.2) is 8.78 Å². The van der Waals surface area contributed by atoms with Crippen LogP contribution in [-0.2, 0) is 42.3 Å². The first-order valence-electron chi connectivity index (χ1n) is 42.8. The first-order chi connectivity index (χ1) is 60.6. The number of aromatic hydroxyl groups is 4. The second-order valence-electron chi connectivity index (χ2n) is 36.2. The first kappa shape index (κ1) is 124. The molecule has 7 rings (SSSR count). The summed E-state index contributed by atoms with van der Waals surface area (Å²) in [5, 5.41) is 105. The van der Waals surface area contributed by atoms with Gasteiger partial charge in [0.25, 0.3) is 0 Å². The second kappa shape index (κ2) is 46.9. The zero-order valence-corrected chi connectivity index (χ0v) is 79.0. The number of hydrogen-bond acceptors (Lipinski definition) is 15. The van der Waals surface area contributed by atoms with E-state index in [0.717, 1.165) is 49.4 Å². The van der Waals surface area contributed by atoms with Crippen molar-refractivity contribution in [3.8, 4) is 28.7 Å². The van der Waals surface area contributed by atoms with Crippen LogP contribution < -0.4 is 4.74 Å². The minimum absolute atomic E-state index is 0.0344. The van der Waals surface area contributed by atoms with Gasteiger partial charge in [0.1, 0.15) is 17.6 Å². The molecule has 1 aliphatic rings. The van der Waals surface area contributed by atoms with Crippen molar-refractivity contribution in [1.29, 1.82) is 0 Å². The van der Waals surface area contributed by atoms with Gasteiger partial charge >= 0.3 is 55.2 Å². The molecule has 6 aromatic rings. The number of phenolic OH excluding ortho intramolecular Hbond substituents is 4. The third-order valence-electron chi connectivity index (χ3n) is 25.1. The maximum absolute atomic E-state index is 13.3. The smallest absolute Gasteiger partial charge is 0.421 e. The zero-order chi connectivity index (χ0) is 106. The summed E-state index contributed by atoms with van der Waals surface area (Å²) in [6.07, 6.45) is -33.9. The minimum Gasteiger partial charge on any atom is -0.508 e. The molecule has 0 heterocycles. The van der Waals surface area contributed by atoms with Crippen molar-refractivity contribution in [3.05, 3.63) is 182 Å². The number of aliphatic hydroxyl groups is 7. The monoisotopic (exact) mass is 1980 g/mol. The SMILES string of the molecule is CCC(C)(C)C(=O)OC1CC(C(C)(O)C(F)(F)F)CC(C(C)(O)C(F)(F)F)C1.CCC(C)(C)C(=O)Oc1cc(C(C)(O)C(F)(F)F)cc(C(C)(O)C(F)(F)F)c1.CCC(C)c1c(F)c(F)c(O)c(F)c1F.CCC(C)c1cc(C(C)(O)C(F)(F)F)cc(C(C)(O)C(F)(F)F)c1.CCC(C)c1ccc(C(C)(O)C(F)(F)F)cc1.CCC(C)c1ccc(O)c(O)c1.CCC(C)c1ccc(O)cc1. The molecule has 0 amide bonds. The van der Waals surface area contributed by atoms with E-state index in [2.05, 4.69) is 27.7 Å². The topological polar surface area (TPSA) is 275 Å². The Bertz CT molecular complexity index is 4600. The predicted octanol–water partition coefficient (Wildman–Crippen LogP) is 26.6. The third-order valence-corrected chi connectivity index (χ3v) is 25.1.